The second kappa shape index (κ2) is 7.43. The largest absolute Gasteiger partial charge is 0.508 e. The molecule has 0 bridgehead atoms. The molecule has 1 atom stereocenters. The van der Waals surface area contributed by atoms with Crippen LogP contribution in [0.15, 0.2) is 24.3 Å². The molecule has 0 spiro atoms. The Labute approximate surface area is 126 Å². The van der Waals surface area contributed by atoms with Gasteiger partial charge in [0.1, 0.15) is 5.75 Å². The molecule has 0 aliphatic carbocycles. The van der Waals surface area contributed by atoms with Crippen molar-refractivity contribution in [3.8, 4) is 5.75 Å². The fourth-order valence-electron chi connectivity index (χ4n) is 2.88. The quantitative estimate of drug-likeness (QED) is 0.856. The van der Waals surface area contributed by atoms with E-state index < -0.39 is 0 Å². The minimum absolute atomic E-state index is 0.0538. The highest BCUT2D eigenvalue weighted by Crippen LogP contribution is 2.29. The minimum Gasteiger partial charge on any atom is -0.508 e. The summed E-state index contributed by atoms with van der Waals surface area (Å²) in [4.78, 5) is 16.3. The van der Waals surface area contributed by atoms with Gasteiger partial charge in [0, 0.05) is 37.8 Å². The van der Waals surface area contributed by atoms with Crippen molar-refractivity contribution in [1.82, 2.24) is 15.1 Å². The summed E-state index contributed by atoms with van der Waals surface area (Å²) < 4.78 is 0. The Morgan fingerprint density at radius 3 is 2.67 bits per heavy atom. The zero-order valence-electron chi connectivity index (χ0n) is 12.9. The number of phenolic OH excluding ortho intramolecular Hbond substituents is 1. The lowest BCUT2D eigenvalue weighted by molar-refractivity contribution is -0.133. The number of aromatic hydroxyl groups is 1. The van der Waals surface area contributed by atoms with Gasteiger partial charge in [0.15, 0.2) is 0 Å². The van der Waals surface area contributed by atoms with E-state index in [4.69, 9.17) is 0 Å². The van der Waals surface area contributed by atoms with E-state index in [1.165, 1.54) is 0 Å². The van der Waals surface area contributed by atoms with Crippen LogP contribution in [0, 0.1) is 0 Å². The predicted molar refractivity (Wildman–Crippen MR) is 83.2 cm³/mol. The van der Waals surface area contributed by atoms with Gasteiger partial charge in [-0.25, -0.2) is 0 Å². The number of amides is 1. The number of para-hydroxylation sites is 1. The SMILES string of the molecule is CCC(c1ccccc1O)N(C)CC(=O)N1CCNCC1. The number of phenols is 1. The van der Waals surface area contributed by atoms with Crippen LogP contribution in [-0.2, 0) is 4.79 Å². The number of carbonyl (C=O) groups is 1. The molecule has 1 saturated heterocycles. The first-order chi connectivity index (χ1) is 10.1. The van der Waals surface area contributed by atoms with E-state index in [9.17, 15) is 9.90 Å². The van der Waals surface area contributed by atoms with Crippen LogP contribution in [-0.4, -0.2) is 60.6 Å². The van der Waals surface area contributed by atoms with E-state index >= 15 is 0 Å². The summed E-state index contributed by atoms with van der Waals surface area (Å²) in [5.41, 5.74) is 0.885. The lowest BCUT2D eigenvalue weighted by Gasteiger charge is -2.32. The highest BCUT2D eigenvalue weighted by molar-refractivity contribution is 5.78. The average molecular weight is 291 g/mol. The van der Waals surface area contributed by atoms with Crippen LogP contribution in [0.4, 0.5) is 0 Å². The first-order valence-electron chi connectivity index (χ1n) is 7.60. The number of hydrogen-bond acceptors (Lipinski definition) is 4. The van der Waals surface area contributed by atoms with Crippen molar-refractivity contribution < 1.29 is 9.90 Å². The summed E-state index contributed by atoms with van der Waals surface area (Å²) in [6.07, 6.45) is 0.850. The van der Waals surface area contributed by atoms with Gasteiger partial charge in [-0.1, -0.05) is 25.1 Å². The molecule has 1 aromatic carbocycles. The number of hydrogen-bond donors (Lipinski definition) is 2. The molecule has 1 heterocycles. The zero-order valence-corrected chi connectivity index (χ0v) is 12.9. The highest BCUT2D eigenvalue weighted by Gasteiger charge is 2.23. The predicted octanol–water partition coefficient (Wildman–Crippen LogP) is 1.21. The van der Waals surface area contributed by atoms with Crippen LogP contribution >= 0.6 is 0 Å². The lowest BCUT2D eigenvalue weighted by atomic mass is 10.0. The molecule has 5 nitrogen and oxygen atoms in total. The summed E-state index contributed by atoms with van der Waals surface area (Å²) in [5.74, 6) is 0.457. The second-order valence-electron chi connectivity index (χ2n) is 5.53. The normalized spacial score (nSPS) is 17.0. The van der Waals surface area contributed by atoms with Crippen LogP contribution in [0.3, 0.4) is 0 Å². The molecule has 0 aromatic heterocycles. The molecule has 1 aliphatic rings. The van der Waals surface area contributed by atoms with Crippen molar-refractivity contribution in [2.45, 2.75) is 19.4 Å². The molecule has 1 aromatic rings. The third-order valence-electron chi connectivity index (χ3n) is 4.07. The molecule has 2 rings (SSSR count). The van der Waals surface area contributed by atoms with Crippen molar-refractivity contribution in [2.24, 2.45) is 0 Å². The fourth-order valence-corrected chi connectivity index (χ4v) is 2.88. The Morgan fingerprint density at radius 1 is 1.38 bits per heavy atom. The van der Waals surface area contributed by atoms with Gasteiger partial charge in [-0.3, -0.25) is 9.69 Å². The molecule has 0 saturated carbocycles. The van der Waals surface area contributed by atoms with Gasteiger partial charge in [0.05, 0.1) is 6.54 Å². The van der Waals surface area contributed by atoms with Gasteiger partial charge in [-0.2, -0.15) is 0 Å². The molecule has 1 fully saturated rings. The third-order valence-corrected chi connectivity index (χ3v) is 4.07. The Hall–Kier alpha value is -1.59. The molecule has 1 amide bonds. The molecule has 5 heteroatoms. The maximum absolute atomic E-state index is 12.3. The number of benzene rings is 1. The molecule has 1 unspecified atom stereocenters. The summed E-state index contributed by atoms with van der Waals surface area (Å²) in [6, 6.07) is 7.42. The summed E-state index contributed by atoms with van der Waals surface area (Å²) in [7, 11) is 1.95. The molecular weight excluding hydrogens is 266 g/mol. The summed E-state index contributed by atoms with van der Waals surface area (Å²) in [6.45, 7) is 5.74. The molecule has 0 radical (unpaired) electrons. The maximum Gasteiger partial charge on any atom is 0.236 e. The van der Waals surface area contributed by atoms with Crippen molar-refractivity contribution in [2.75, 3.05) is 39.8 Å². The van der Waals surface area contributed by atoms with E-state index in [2.05, 4.69) is 12.2 Å². The Bertz CT molecular complexity index is 472. The van der Waals surface area contributed by atoms with Gasteiger partial charge in [0.2, 0.25) is 5.91 Å². The van der Waals surface area contributed by atoms with Gasteiger partial charge in [-0.05, 0) is 19.5 Å². The minimum atomic E-state index is 0.0538. The topological polar surface area (TPSA) is 55.8 Å². The van der Waals surface area contributed by atoms with Crippen molar-refractivity contribution in [1.29, 1.82) is 0 Å². The van der Waals surface area contributed by atoms with Crippen molar-refractivity contribution in [3.05, 3.63) is 29.8 Å². The molecule has 2 N–H and O–H groups in total. The summed E-state index contributed by atoms with van der Waals surface area (Å²) >= 11 is 0. The smallest absolute Gasteiger partial charge is 0.236 e. The highest BCUT2D eigenvalue weighted by atomic mass is 16.3. The number of piperazine rings is 1. The lowest BCUT2D eigenvalue weighted by Crippen LogP contribution is -2.49. The molecular formula is C16H25N3O2. The number of likely N-dealkylation sites (N-methyl/N-ethyl adjacent to an activating group) is 1. The standard InChI is InChI=1S/C16H25N3O2/c1-3-14(13-6-4-5-7-15(13)20)18(2)12-16(21)19-10-8-17-9-11-19/h4-7,14,17,20H,3,8-12H2,1-2H3. The number of rotatable bonds is 5. The average Bonchev–Trinajstić information content (AvgIpc) is 2.50. The molecule has 1 aliphatic heterocycles. The van der Waals surface area contributed by atoms with Crippen LogP contribution in [0.1, 0.15) is 24.9 Å². The van der Waals surface area contributed by atoms with E-state index in [-0.39, 0.29) is 11.9 Å². The van der Waals surface area contributed by atoms with Crippen molar-refractivity contribution in [3.63, 3.8) is 0 Å². The Morgan fingerprint density at radius 2 is 2.05 bits per heavy atom. The molecule has 116 valence electrons. The number of carbonyl (C=O) groups excluding carboxylic acids is 1. The van der Waals surface area contributed by atoms with Gasteiger partial charge >= 0.3 is 0 Å². The first kappa shape index (κ1) is 15.8. The van der Waals surface area contributed by atoms with Gasteiger partial charge in [0.25, 0.3) is 0 Å². The monoisotopic (exact) mass is 291 g/mol. The van der Waals surface area contributed by atoms with E-state index in [1.807, 2.05) is 35.0 Å². The van der Waals surface area contributed by atoms with Gasteiger partial charge in [-0.15, -0.1) is 0 Å². The number of nitrogens with one attached hydrogen (secondary N) is 1. The van der Waals surface area contributed by atoms with Crippen LogP contribution in [0.2, 0.25) is 0 Å². The summed E-state index contributed by atoms with van der Waals surface area (Å²) in [5, 5.41) is 13.3. The van der Waals surface area contributed by atoms with Gasteiger partial charge < -0.3 is 15.3 Å². The zero-order chi connectivity index (χ0) is 15.2. The van der Waals surface area contributed by atoms with E-state index in [1.54, 1.807) is 6.07 Å². The number of nitrogens with zero attached hydrogens (tertiary/aromatic N) is 2. The van der Waals surface area contributed by atoms with Crippen molar-refractivity contribution >= 4 is 5.91 Å². The van der Waals surface area contributed by atoms with Crippen LogP contribution in [0.5, 0.6) is 5.75 Å². The van der Waals surface area contributed by atoms with E-state index in [0.29, 0.717) is 12.3 Å². The maximum atomic E-state index is 12.3. The van der Waals surface area contributed by atoms with E-state index in [0.717, 1.165) is 38.2 Å². The van der Waals surface area contributed by atoms with Crippen LogP contribution in [0.25, 0.3) is 0 Å². The Balaban J connectivity index is 2.01. The van der Waals surface area contributed by atoms with Crippen LogP contribution < -0.4 is 5.32 Å². The fraction of sp³-hybridized carbons (Fsp3) is 0.562. The third kappa shape index (κ3) is 3.95. The molecule has 21 heavy (non-hydrogen) atoms. The second-order valence-corrected chi connectivity index (χ2v) is 5.53. The Kier molecular flexibility index (Phi) is 5.59. The first-order valence-corrected chi connectivity index (χ1v) is 7.60.